The van der Waals surface area contributed by atoms with Gasteiger partial charge in [0.25, 0.3) is 0 Å². The summed E-state index contributed by atoms with van der Waals surface area (Å²) in [6.07, 6.45) is 0.785. The number of Topliss-reactive ketones (excluding diaryl/α,β-unsaturated/α-hetero) is 4. The number of hydrogen-bond acceptors (Lipinski definition) is 9. The molecule has 10 heteroatoms. The van der Waals surface area contributed by atoms with E-state index in [4.69, 9.17) is 5.73 Å². The molecule has 1 aromatic carbocycles. The van der Waals surface area contributed by atoms with E-state index in [1.807, 2.05) is 38.9 Å². The first-order valence-electron chi connectivity index (χ1n) is 12.5. The van der Waals surface area contributed by atoms with Crippen molar-refractivity contribution in [1.29, 1.82) is 0 Å². The van der Waals surface area contributed by atoms with Gasteiger partial charge in [-0.1, -0.05) is 13.8 Å². The zero-order valence-corrected chi connectivity index (χ0v) is 22.1. The summed E-state index contributed by atoms with van der Waals surface area (Å²) in [6, 6.07) is 0.744. The van der Waals surface area contributed by atoms with Gasteiger partial charge in [-0.3, -0.25) is 28.9 Å². The highest BCUT2D eigenvalue weighted by Gasteiger charge is 2.69. The molecule has 10 nitrogen and oxygen atoms in total. The topological polar surface area (TPSA) is 158 Å². The fourth-order valence-corrected chi connectivity index (χ4v) is 6.70. The van der Waals surface area contributed by atoms with E-state index >= 15 is 0 Å². The summed E-state index contributed by atoms with van der Waals surface area (Å²) in [7, 11) is 6.79. The second-order valence-electron chi connectivity index (χ2n) is 11.5. The van der Waals surface area contributed by atoms with Crippen LogP contribution in [0.3, 0.4) is 0 Å². The molecular weight excluding hydrogens is 478 g/mol. The van der Waals surface area contributed by atoms with Gasteiger partial charge in [0.2, 0.25) is 5.91 Å². The summed E-state index contributed by atoms with van der Waals surface area (Å²) < 4.78 is 0. The Morgan fingerprint density at radius 2 is 1.76 bits per heavy atom. The van der Waals surface area contributed by atoms with Crippen LogP contribution < -0.4 is 10.6 Å². The van der Waals surface area contributed by atoms with E-state index in [1.165, 1.54) is 4.90 Å². The number of anilines is 1. The number of phenols is 1. The second-order valence-corrected chi connectivity index (χ2v) is 11.5. The third kappa shape index (κ3) is 3.80. The predicted octanol–water partition coefficient (Wildman–Crippen LogP) is 0.132. The van der Waals surface area contributed by atoms with Crippen molar-refractivity contribution in [3.63, 3.8) is 0 Å². The molecule has 0 aromatic heterocycles. The van der Waals surface area contributed by atoms with Gasteiger partial charge < -0.3 is 20.8 Å². The number of ketones is 4. The van der Waals surface area contributed by atoms with Crippen molar-refractivity contribution < 1.29 is 34.2 Å². The minimum atomic E-state index is -2.72. The van der Waals surface area contributed by atoms with Crippen LogP contribution in [0.1, 0.15) is 41.8 Å². The monoisotopic (exact) mass is 513 g/mol. The van der Waals surface area contributed by atoms with Gasteiger partial charge in [-0.15, -0.1) is 0 Å². The lowest BCUT2D eigenvalue weighted by molar-refractivity contribution is -0.181. The Bertz CT molecular complexity index is 1220. The normalized spacial score (nSPS) is 31.3. The Labute approximate surface area is 215 Å². The van der Waals surface area contributed by atoms with Gasteiger partial charge >= 0.3 is 0 Å². The molecule has 0 aliphatic heterocycles. The van der Waals surface area contributed by atoms with E-state index < -0.39 is 64.4 Å². The fourth-order valence-electron chi connectivity index (χ4n) is 6.70. The number of carbonyl (C=O) groups is 5. The number of rotatable bonds is 5. The number of fused-ring (bicyclic) bond motifs is 3. The van der Waals surface area contributed by atoms with Gasteiger partial charge in [0.15, 0.2) is 34.7 Å². The molecule has 0 radical (unpaired) electrons. The van der Waals surface area contributed by atoms with Crippen molar-refractivity contribution in [2.24, 2.45) is 35.3 Å². The summed E-state index contributed by atoms with van der Waals surface area (Å²) in [5.74, 6) is -10.0. The summed E-state index contributed by atoms with van der Waals surface area (Å²) in [5, 5.41) is 22.8. The molecular formula is C27H35N3O7. The largest absolute Gasteiger partial charge is 0.507 e. The zero-order chi connectivity index (χ0) is 27.7. The Hall–Kier alpha value is -3.11. The second kappa shape index (κ2) is 9.02. The predicted molar refractivity (Wildman–Crippen MR) is 134 cm³/mol. The van der Waals surface area contributed by atoms with Crippen molar-refractivity contribution in [2.45, 2.75) is 44.8 Å². The fraction of sp³-hybridized carbons (Fsp3) is 0.593. The van der Waals surface area contributed by atoms with E-state index in [0.717, 1.165) is 5.69 Å². The third-order valence-electron chi connectivity index (χ3n) is 8.23. The number of hydrogen-bond donors (Lipinski definition) is 3. The van der Waals surface area contributed by atoms with Crippen molar-refractivity contribution in [3.05, 3.63) is 22.8 Å². The van der Waals surface area contributed by atoms with Crippen molar-refractivity contribution in [3.8, 4) is 5.75 Å². The van der Waals surface area contributed by atoms with Crippen LogP contribution in [0, 0.1) is 29.6 Å². The van der Waals surface area contributed by atoms with Gasteiger partial charge in [0.1, 0.15) is 5.75 Å². The maximum Gasteiger partial charge on any atom is 0.235 e. The maximum absolute atomic E-state index is 13.9. The lowest BCUT2D eigenvalue weighted by atomic mass is 9.52. The number of aliphatic hydroxyl groups is 1. The van der Waals surface area contributed by atoms with Gasteiger partial charge in [-0.2, -0.15) is 0 Å². The molecule has 0 heterocycles. The van der Waals surface area contributed by atoms with E-state index in [9.17, 15) is 34.2 Å². The molecule has 1 aromatic rings. The molecule has 3 aliphatic carbocycles. The quantitative estimate of drug-likeness (QED) is 0.465. The molecule has 2 saturated carbocycles. The van der Waals surface area contributed by atoms with Gasteiger partial charge in [-0.05, 0) is 62.4 Å². The van der Waals surface area contributed by atoms with E-state index in [-0.39, 0.29) is 30.1 Å². The first-order valence-corrected chi connectivity index (χ1v) is 12.5. The van der Waals surface area contributed by atoms with Crippen LogP contribution in [0.5, 0.6) is 5.75 Å². The number of benzene rings is 1. The lowest BCUT2D eigenvalue weighted by Gasteiger charge is -2.52. The molecule has 6 unspecified atom stereocenters. The van der Waals surface area contributed by atoms with Gasteiger partial charge in [-0.25, -0.2) is 0 Å². The number of nitrogens with two attached hydrogens (primary N) is 1. The Balaban J connectivity index is 1.90. The third-order valence-corrected chi connectivity index (χ3v) is 8.23. The number of phenolic OH excluding ortho intramolecular Hbond substituents is 1. The SMILES string of the molecule is CC(C)Cc1cc(N(C)C)c2c(c1O)C(=O)C1C(=O)C3(O)C(=O)C(C(N)=O)C(=O)C(N(C)C)C3CC1C2. The summed E-state index contributed by atoms with van der Waals surface area (Å²) in [4.78, 5) is 69.8. The minimum absolute atomic E-state index is 0.0330. The number of primary amides is 1. The standard InChI is InChI=1S/C27H35N3O7/c1-11(2)7-13-10-16(29(3)4)14-8-12-9-15-20(30(5)6)23(33)19(26(28)36)25(35)27(15,37)24(34)17(12)22(32)18(14)21(13)31/h10-12,15,17,19-20,31,37H,7-9H2,1-6H3,(H2,28,36). The van der Waals surface area contributed by atoms with E-state index in [2.05, 4.69) is 0 Å². The van der Waals surface area contributed by atoms with Crippen LogP contribution in [-0.2, 0) is 32.0 Å². The molecule has 0 bridgehead atoms. The van der Waals surface area contributed by atoms with Crippen molar-refractivity contribution in [1.82, 2.24) is 4.90 Å². The molecule has 0 spiro atoms. The van der Waals surface area contributed by atoms with E-state index in [0.29, 0.717) is 17.5 Å². The number of amides is 1. The van der Waals surface area contributed by atoms with Gasteiger partial charge in [0.05, 0.1) is 17.5 Å². The average Bonchev–Trinajstić information content (AvgIpc) is 2.77. The average molecular weight is 514 g/mol. The Morgan fingerprint density at radius 1 is 1.14 bits per heavy atom. The van der Waals surface area contributed by atoms with Crippen LogP contribution in [0.25, 0.3) is 0 Å². The molecule has 0 saturated heterocycles. The van der Waals surface area contributed by atoms with Crippen LogP contribution in [-0.4, -0.2) is 84.0 Å². The van der Waals surface area contributed by atoms with Crippen LogP contribution in [0.15, 0.2) is 6.07 Å². The first kappa shape index (κ1) is 26.9. The Kier molecular flexibility index (Phi) is 6.57. The van der Waals surface area contributed by atoms with Crippen molar-refractivity contribution in [2.75, 3.05) is 33.1 Å². The molecule has 200 valence electrons. The molecule has 2 fully saturated rings. The molecule has 6 atom stereocenters. The van der Waals surface area contributed by atoms with Crippen LogP contribution in [0.4, 0.5) is 5.69 Å². The summed E-state index contributed by atoms with van der Waals surface area (Å²) in [6.45, 7) is 3.97. The molecule has 4 rings (SSSR count). The number of aromatic hydroxyl groups is 1. The highest BCUT2D eigenvalue weighted by molar-refractivity contribution is 6.32. The summed E-state index contributed by atoms with van der Waals surface area (Å²) >= 11 is 0. The minimum Gasteiger partial charge on any atom is -0.507 e. The highest BCUT2D eigenvalue weighted by atomic mass is 16.3. The van der Waals surface area contributed by atoms with Gasteiger partial charge in [0, 0.05) is 25.7 Å². The van der Waals surface area contributed by atoms with Crippen LogP contribution in [0.2, 0.25) is 0 Å². The smallest absolute Gasteiger partial charge is 0.235 e. The molecule has 1 amide bonds. The first-order chi connectivity index (χ1) is 17.1. The Morgan fingerprint density at radius 3 is 2.27 bits per heavy atom. The highest BCUT2D eigenvalue weighted by Crippen LogP contribution is 2.52. The zero-order valence-electron chi connectivity index (χ0n) is 22.1. The number of nitrogens with zero attached hydrogens (tertiary/aromatic N) is 2. The molecule has 4 N–H and O–H groups in total. The number of likely N-dealkylation sites (N-methyl/N-ethyl adjacent to an activating group) is 1. The summed E-state index contributed by atoms with van der Waals surface area (Å²) in [5.41, 5.74) is 4.60. The lowest BCUT2D eigenvalue weighted by Crippen LogP contribution is -2.74. The maximum atomic E-state index is 13.9. The molecule has 37 heavy (non-hydrogen) atoms. The number of carbonyl (C=O) groups excluding carboxylic acids is 5. The van der Waals surface area contributed by atoms with E-state index in [1.54, 1.807) is 14.1 Å². The van der Waals surface area contributed by atoms with Crippen LogP contribution >= 0.6 is 0 Å². The van der Waals surface area contributed by atoms with Crippen molar-refractivity contribution >= 4 is 34.7 Å². The molecule has 3 aliphatic rings.